The van der Waals surface area contributed by atoms with Crippen LogP contribution in [0.3, 0.4) is 0 Å². The molecule has 34 heavy (non-hydrogen) atoms. The largest absolute Gasteiger partial charge is 0.494 e. The van der Waals surface area contributed by atoms with Crippen LogP contribution in [0.15, 0.2) is 49.3 Å². The van der Waals surface area contributed by atoms with Crippen molar-refractivity contribution in [2.24, 2.45) is 0 Å². The van der Waals surface area contributed by atoms with Crippen LogP contribution in [0.2, 0.25) is 5.02 Å². The van der Waals surface area contributed by atoms with Crippen LogP contribution < -0.4 is 15.8 Å². The van der Waals surface area contributed by atoms with Gasteiger partial charge in [-0.25, -0.2) is 23.4 Å². The number of hydrogen-bond acceptors (Lipinski definition) is 6. The van der Waals surface area contributed by atoms with E-state index in [-0.39, 0.29) is 22.3 Å². The van der Waals surface area contributed by atoms with Crippen molar-refractivity contribution in [2.45, 2.75) is 13.0 Å². The average molecular weight is 485 g/mol. The number of nitrogen functional groups attached to an aromatic ring is 1. The van der Waals surface area contributed by atoms with Crippen LogP contribution in [0.5, 0.6) is 5.75 Å². The van der Waals surface area contributed by atoms with E-state index in [0.29, 0.717) is 27.9 Å². The number of amides is 1. The zero-order valence-electron chi connectivity index (χ0n) is 18.1. The summed E-state index contributed by atoms with van der Waals surface area (Å²) >= 11 is 6.04. The van der Waals surface area contributed by atoms with Crippen LogP contribution in [-0.2, 0) is 4.79 Å². The molecule has 1 amide bonds. The van der Waals surface area contributed by atoms with Crippen molar-refractivity contribution < 1.29 is 18.3 Å². The molecule has 8 nitrogen and oxygen atoms in total. The highest BCUT2D eigenvalue weighted by Crippen LogP contribution is 2.37. The molecule has 2 aromatic heterocycles. The van der Waals surface area contributed by atoms with Crippen molar-refractivity contribution in [2.75, 3.05) is 18.2 Å². The fraction of sp³-hybridized carbons (Fsp3) is 0.130. The van der Waals surface area contributed by atoms with Gasteiger partial charge >= 0.3 is 0 Å². The van der Waals surface area contributed by atoms with Gasteiger partial charge in [-0.05, 0) is 43.3 Å². The molecule has 0 radical (unpaired) electrons. The van der Waals surface area contributed by atoms with Crippen LogP contribution in [0.1, 0.15) is 18.5 Å². The van der Waals surface area contributed by atoms with E-state index in [1.54, 1.807) is 13.0 Å². The Labute approximate surface area is 198 Å². The zero-order valence-corrected chi connectivity index (χ0v) is 18.9. The summed E-state index contributed by atoms with van der Waals surface area (Å²) < 4.78 is 35.1. The van der Waals surface area contributed by atoms with Crippen LogP contribution in [0.25, 0.3) is 22.3 Å². The third-order valence-corrected chi connectivity index (χ3v) is 5.59. The molecule has 4 aromatic rings. The molecule has 0 saturated carbocycles. The Morgan fingerprint density at radius 1 is 1.26 bits per heavy atom. The van der Waals surface area contributed by atoms with Gasteiger partial charge in [0.05, 0.1) is 23.6 Å². The topological polar surface area (TPSA) is 108 Å². The minimum Gasteiger partial charge on any atom is -0.494 e. The quantitative estimate of drug-likeness (QED) is 0.382. The smallest absolute Gasteiger partial charge is 0.247 e. The minimum atomic E-state index is -0.705. The minimum absolute atomic E-state index is 0.0774. The van der Waals surface area contributed by atoms with Crippen molar-refractivity contribution >= 4 is 40.0 Å². The van der Waals surface area contributed by atoms with Crippen molar-refractivity contribution in [3.8, 4) is 17.0 Å². The molecule has 11 heteroatoms. The first kappa shape index (κ1) is 23.1. The highest BCUT2D eigenvalue weighted by molar-refractivity contribution is 6.31. The number of fused-ring (bicyclic) bond motifs is 1. The normalized spacial score (nSPS) is 11.9. The number of aromatic nitrogens is 4. The molecule has 4 rings (SSSR count). The van der Waals surface area contributed by atoms with E-state index in [1.807, 2.05) is 0 Å². The summed E-state index contributed by atoms with van der Waals surface area (Å²) in [5, 5.41) is 7.49. The maximum absolute atomic E-state index is 14.4. The van der Waals surface area contributed by atoms with Gasteiger partial charge in [0.2, 0.25) is 5.91 Å². The number of nitrogens with zero attached hydrogens (tertiary/aromatic N) is 4. The first-order chi connectivity index (χ1) is 16.2. The van der Waals surface area contributed by atoms with E-state index in [2.05, 4.69) is 27.0 Å². The Morgan fingerprint density at radius 3 is 2.71 bits per heavy atom. The summed E-state index contributed by atoms with van der Waals surface area (Å²) in [6.45, 7) is 5.18. The van der Waals surface area contributed by atoms with Gasteiger partial charge in [-0.15, -0.1) is 0 Å². The standard InChI is InChI=1S/C23H19ClF2N6O2/c1-4-19(33)30-17-9-15(25)14(24)8-13(17)11(2)32-23-20(22(27)28-10-29-23)21(31-32)12-5-6-18(34-3)16(26)7-12/h4-11H,1H2,2-3H3,(H,30,33)(H2,27,28,29). The predicted molar refractivity (Wildman–Crippen MR) is 126 cm³/mol. The summed E-state index contributed by atoms with van der Waals surface area (Å²) in [6, 6.07) is 6.28. The van der Waals surface area contributed by atoms with Gasteiger partial charge < -0.3 is 15.8 Å². The molecule has 174 valence electrons. The molecule has 1 atom stereocenters. The number of nitrogens with one attached hydrogen (secondary N) is 1. The maximum Gasteiger partial charge on any atom is 0.247 e. The van der Waals surface area contributed by atoms with Gasteiger partial charge in [0.25, 0.3) is 0 Å². The summed E-state index contributed by atoms with van der Waals surface area (Å²) in [5.41, 5.74) is 7.89. The predicted octanol–water partition coefficient (Wildman–Crippen LogP) is 4.75. The van der Waals surface area contributed by atoms with Gasteiger partial charge in [-0.1, -0.05) is 18.2 Å². The molecular weight excluding hydrogens is 466 g/mol. The van der Waals surface area contributed by atoms with Crippen LogP contribution in [0.4, 0.5) is 20.3 Å². The highest BCUT2D eigenvalue weighted by Gasteiger charge is 2.24. The number of rotatable bonds is 6. The number of hydrogen-bond donors (Lipinski definition) is 2. The molecule has 2 aromatic carbocycles. The first-order valence-electron chi connectivity index (χ1n) is 10.00. The molecule has 0 spiro atoms. The van der Waals surface area contributed by atoms with Crippen molar-refractivity contribution in [1.82, 2.24) is 19.7 Å². The van der Waals surface area contributed by atoms with Crippen molar-refractivity contribution in [3.63, 3.8) is 0 Å². The summed E-state index contributed by atoms with van der Waals surface area (Å²) in [7, 11) is 1.37. The fourth-order valence-electron chi connectivity index (χ4n) is 3.61. The first-order valence-corrected chi connectivity index (χ1v) is 10.4. The number of nitrogens with two attached hydrogens (primary N) is 1. The summed E-state index contributed by atoms with van der Waals surface area (Å²) in [6.07, 6.45) is 2.34. The SMILES string of the molecule is C=CC(=O)Nc1cc(F)c(Cl)cc1C(C)n1nc(-c2ccc(OC)c(F)c2)c2c(N)ncnc21. The molecule has 0 aliphatic rings. The molecule has 0 bridgehead atoms. The van der Waals surface area contributed by atoms with Gasteiger partial charge in [0, 0.05) is 16.8 Å². The lowest BCUT2D eigenvalue weighted by molar-refractivity contribution is -0.111. The summed E-state index contributed by atoms with van der Waals surface area (Å²) in [4.78, 5) is 20.3. The Balaban J connectivity index is 1.92. The molecule has 0 aliphatic carbocycles. The molecule has 2 heterocycles. The molecule has 0 aliphatic heterocycles. The lowest BCUT2D eigenvalue weighted by Gasteiger charge is -2.18. The monoisotopic (exact) mass is 484 g/mol. The second-order valence-electron chi connectivity index (χ2n) is 7.32. The number of halogens is 3. The van der Waals surface area contributed by atoms with E-state index < -0.39 is 23.6 Å². The van der Waals surface area contributed by atoms with E-state index >= 15 is 0 Å². The fourth-order valence-corrected chi connectivity index (χ4v) is 3.78. The lowest BCUT2D eigenvalue weighted by Crippen LogP contribution is -2.15. The van der Waals surface area contributed by atoms with Crippen LogP contribution >= 0.6 is 11.6 Å². The average Bonchev–Trinajstić information content (AvgIpc) is 3.21. The Kier molecular flexibility index (Phi) is 6.16. The van der Waals surface area contributed by atoms with Gasteiger partial charge in [-0.2, -0.15) is 5.10 Å². The van der Waals surface area contributed by atoms with Gasteiger partial charge in [0.1, 0.15) is 23.7 Å². The Morgan fingerprint density at radius 2 is 2.03 bits per heavy atom. The highest BCUT2D eigenvalue weighted by atomic mass is 35.5. The number of anilines is 2. The molecule has 0 fully saturated rings. The third-order valence-electron chi connectivity index (χ3n) is 5.30. The lowest BCUT2D eigenvalue weighted by atomic mass is 10.1. The van der Waals surface area contributed by atoms with Crippen molar-refractivity contribution in [1.29, 1.82) is 0 Å². The second kappa shape index (κ2) is 9.06. The maximum atomic E-state index is 14.4. The van der Waals surface area contributed by atoms with Crippen LogP contribution in [0, 0.1) is 11.6 Å². The van der Waals surface area contributed by atoms with Crippen LogP contribution in [-0.4, -0.2) is 32.8 Å². The molecule has 0 saturated heterocycles. The Bertz CT molecular complexity index is 1440. The van der Waals surface area contributed by atoms with Gasteiger partial charge in [-0.3, -0.25) is 4.79 Å². The van der Waals surface area contributed by atoms with Gasteiger partial charge in [0.15, 0.2) is 17.2 Å². The third kappa shape index (κ3) is 4.03. The molecule has 1 unspecified atom stereocenters. The number of methoxy groups -OCH3 is 1. The zero-order chi connectivity index (χ0) is 24.6. The van der Waals surface area contributed by atoms with E-state index in [4.69, 9.17) is 22.1 Å². The number of carbonyl (C=O) groups excluding carboxylic acids is 1. The number of ether oxygens (including phenoxy) is 1. The Hall–Kier alpha value is -4.05. The van der Waals surface area contributed by atoms with Crippen molar-refractivity contribution in [3.05, 3.63) is 71.5 Å². The van der Waals surface area contributed by atoms with E-state index in [1.165, 1.54) is 36.3 Å². The second-order valence-corrected chi connectivity index (χ2v) is 7.73. The molecule has 3 N–H and O–H groups in total. The summed E-state index contributed by atoms with van der Waals surface area (Å²) in [5.74, 6) is -1.59. The van der Waals surface area contributed by atoms with E-state index in [9.17, 15) is 13.6 Å². The molecular formula is C23H19ClF2N6O2. The number of benzene rings is 2. The number of carbonyl (C=O) groups is 1. The van der Waals surface area contributed by atoms with E-state index in [0.717, 1.165) is 12.1 Å².